The van der Waals surface area contributed by atoms with Crippen LogP contribution in [0.2, 0.25) is 0 Å². The number of cyclic esters (lactones) is 2. The smallest absolute Gasteiger partial charge is 0.319 e. The summed E-state index contributed by atoms with van der Waals surface area (Å²) in [6.07, 6.45) is 1.89. The van der Waals surface area contributed by atoms with E-state index in [1.807, 2.05) is 121 Å². The fourth-order valence-corrected chi connectivity index (χ4v) is 9.90. The molecule has 3 amide bonds. The summed E-state index contributed by atoms with van der Waals surface area (Å²) in [5.74, 6) is -2.57. The third-order valence-corrected chi connectivity index (χ3v) is 14.9. The number of H-pyrrole nitrogens is 3. The van der Waals surface area contributed by atoms with Crippen LogP contribution in [0.25, 0.3) is 32.3 Å². The number of anilines is 3. The van der Waals surface area contributed by atoms with Gasteiger partial charge in [-0.3, -0.25) is 48.1 Å². The Labute approximate surface area is 517 Å². The maximum atomic E-state index is 12.6. The Bertz CT molecular complexity index is 4510. The fourth-order valence-electron chi connectivity index (χ4n) is 9.90. The van der Waals surface area contributed by atoms with E-state index in [4.69, 9.17) is 10.8 Å². The molecule has 2 fully saturated rings. The molecule has 0 atom stereocenters. The lowest BCUT2D eigenvalue weighted by Gasteiger charge is -2.18. The second-order valence-corrected chi connectivity index (χ2v) is 23.8. The molecule has 7 aromatic carbocycles. The maximum Gasteiger partial charge on any atom is 0.319 e. The van der Waals surface area contributed by atoms with Gasteiger partial charge in [-0.2, -0.15) is 15.3 Å². The summed E-state index contributed by atoms with van der Waals surface area (Å²) in [5, 5.41) is 36.3. The van der Waals surface area contributed by atoms with Gasteiger partial charge in [0.1, 0.15) is 0 Å². The number of esters is 2. The van der Waals surface area contributed by atoms with Crippen molar-refractivity contribution in [3.8, 4) is 0 Å². The van der Waals surface area contributed by atoms with Gasteiger partial charge in [0.15, 0.2) is 0 Å². The minimum atomic E-state index is -1.14. The van der Waals surface area contributed by atoms with E-state index in [2.05, 4.69) is 59.7 Å². The lowest BCUT2D eigenvalue weighted by atomic mass is 9.89. The molecule has 0 aliphatic carbocycles. The molecule has 2 aliphatic heterocycles. The zero-order valence-electron chi connectivity index (χ0n) is 50.9. The average Bonchev–Trinajstić information content (AvgIpc) is 1.68. The van der Waals surface area contributed by atoms with Gasteiger partial charge in [-0.05, 0) is 106 Å². The highest BCUT2D eigenvalue weighted by molar-refractivity contribution is 6.22. The third kappa shape index (κ3) is 16.5. The lowest BCUT2D eigenvalue weighted by molar-refractivity contribution is -0.154. The molecule has 20 nitrogen and oxygen atoms in total. The highest BCUT2D eigenvalue weighted by atomic mass is 16.6. The van der Waals surface area contributed by atoms with Crippen molar-refractivity contribution in [1.29, 1.82) is 0 Å². The number of rotatable bonds is 11. The molecule has 0 unspecified atom stereocenters. The summed E-state index contributed by atoms with van der Waals surface area (Å²) in [7, 11) is 0. The number of hydrogen-bond donors (Lipinski definition) is 6. The normalized spacial score (nSPS) is 13.8. The first-order chi connectivity index (χ1) is 42.8. The Kier molecular flexibility index (Phi) is 20.4. The fraction of sp³-hybridized carbons (Fsp3) is 0.229. The summed E-state index contributed by atoms with van der Waals surface area (Å²) in [6.45, 7) is 12.1. The van der Waals surface area contributed by atoms with Gasteiger partial charge in [0.05, 0.1) is 61.6 Å². The summed E-state index contributed by atoms with van der Waals surface area (Å²) < 4.78 is 4.30. The van der Waals surface area contributed by atoms with Crippen LogP contribution in [0, 0.1) is 23.2 Å². The molecule has 0 radical (unpaired) electrons. The highest BCUT2D eigenvalue weighted by Crippen LogP contribution is 2.36. The standard InChI is InChI=1S/C21H21N3O4.C21H19N3O3.C15H13N3O.C7H8.C6H8O3/c1-21(2,20(27)28)12-18(25)22-14-7-5-6-13(10-14)11-17-15-8-3-4-9-16(15)19(26)24-23-17;1-21(2)12-18(25)24(20(21)27)14-7-5-6-13(10-14)11-17-15-8-3-4-9-16(15)19(26)23-22-17;16-11-5-3-4-10(8-11)9-14-12-6-1-2-7-13(12)15(19)18-17-14;1-7-5-3-2-4-6-7;1-6(2)3-4(7)9-5(6)8/h3-10H,11-12H2,1-2H3,(H,22,25)(H,24,26)(H,27,28);3-10H,11-12H2,1-2H3,(H,23,26);1-8H,9,16H2,(H,18,19);2-6H,1H3;3H2,1-2H3. The molecule has 12 rings (SSSR count). The zero-order valence-corrected chi connectivity index (χ0v) is 50.9. The first-order valence-corrected chi connectivity index (χ1v) is 28.9. The lowest BCUT2D eigenvalue weighted by Crippen LogP contribution is -2.33. The minimum Gasteiger partial charge on any atom is -0.481 e. The van der Waals surface area contributed by atoms with Crippen LogP contribution >= 0.6 is 0 Å². The van der Waals surface area contributed by atoms with Gasteiger partial charge >= 0.3 is 17.9 Å². The van der Waals surface area contributed by atoms with Crippen LogP contribution in [0.4, 0.5) is 17.1 Å². The Morgan fingerprint density at radius 1 is 0.556 bits per heavy atom. The molecule has 7 N–H and O–H groups in total. The van der Waals surface area contributed by atoms with Crippen LogP contribution in [0.3, 0.4) is 0 Å². The predicted molar refractivity (Wildman–Crippen MR) is 345 cm³/mol. The first kappa shape index (κ1) is 65.0. The quantitative estimate of drug-likeness (QED) is 0.0304. The van der Waals surface area contributed by atoms with Crippen LogP contribution in [0.1, 0.15) is 100 Å². The molecule has 5 heterocycles. The number of carbonyl (C=O) groups excluding carboxylic acids is 5. The Morgan fingerprint density at radius 3 is 1.38 bits per heavy atom. The van der Waals surface area contributed by atoms with Crippen molar-refractivity contribution in [2.45, 2.75) is 87.0 Å². The van der Waals surface area contributed by atoms with Crippen LogP contribution in [-0.4, -0.2) is 71.3 Å². The minimum absolute atomic E-state index is 0.126. The molecule has 460 valence electrons. The van der Waals surface area contributed by atoms with Crippen LogP contribution in [0.15, 0.2) is 190 Å². The highest BCUT2D eigenvalue weighted by Gasteiger charge is 2.45. The molecule has 3 aromatic heterocycles. The number of nitrogens with two attached hydrogens (primary N) is 1. The molecule has 2 saturated heterocycles. The monoisotopic (exact) mass is 1210 g/mol. The topological polar surface area (TPSA) is 310 Å². The number of aromatic nitrogens is 6. The Hall–Kier alpha value is -11.0. The number of carboxylic acid groups (broad SMARTS) is 1. The van der Waals surface area contributed by atoms with Gasteiger partial charge in [0, 0.05) is 59.6 Å². The van der Waals surface area contributed by atoms with Crippen LogP contribution in [-0.2, 0) is 52.8 Å². The molecular formula is C70H69N9O11. The number of aromatic amines is 3. The number of aryl methyl sites for hydroxylation is 1. The number of hydrogen-bond acceptors (Lipinski definition) is 14. The van der Waals surface area contributed by atoms with Crippen molar-refractivity contribution in [2.24, 2.45) is 16.2 Å². The van der Waals surface area contributed by atoms with Gasteiger partial charge in [-0.25, -0.2) is 15.3 Å². The van der Waals surface area contributed by atoms with Crippen molar-refractivity contribution in [2.75, 3.05) is 16.0 Å². The molecule has 2 aliphatic rings. The summed E-state index contributed by atoms with van der Waals surface area (Å²) >= 11 is 0. The van der Waals surface area contributed by atoms with E-state index < -0.39 is 34.2 Å². The molecular weight excluding hydrogens is 1140 g/mol. The molecule has 90 heavy (non-hydrogen) atoms. The number of carbonyl (C=O) groups is 6. The van der Waals surface area contributed by atoms with E-state index in [0.29, 0.717) is 46.8 Å². The van der Waals surface area contributed by atoms with E-state index in [9.17, 15) is 43.2 Å². The van der Waals surface area contributed by atoms with E-state index in [-0.39, 0.29) is 53.7 Å². The van der Waals surface area contributed by atoms with E-state index in [1.54, 1.807) is 70.2 Å². The number of nitrogens with zero attached hydrogens (tertiary/aromatic N) is 4. The average molecular weight is 1210 g/mol. The van der Waals surface area contributed by atoms with Gasteiger partial charge in [-0.15, -0.1) is 0 Å². The van der Waals surface area contributed by atoms with Crippen molar-refractivity contribution >= 4 is 85.0 Å². The van der Waals surface area contributed by atoms with Crippen molar-refractivity contribution in [3.05, 3.63) is 246 Å². The van der Waals surface area contributed by atoms with Crippen LogP contribution < -0.4 is 32.6 Å². The number of benzene rings is 7. The van der Waals surface area contributed by atoms with E-state index in [1.165, 1.54) is 24.3 Å². The Morgan fingerprint density at radius 2 is 0.989 bits per heavy atom. The van der Waals surface area contributed by atoms with E-state index >= 15 is 0 Å². The summed E-state index contributed by atoms with van der Waals surface area (Å²) in [4.78, 5) is 106. The molecule has 20 heteroatoms. The number of amides is 3. The number of aliphatic carboxylic acids is 1. The van der Waals surface area contributed by atoms with Crippen molar-refractivity contribution < 1.29 is 38.6 Å². The number of ether oxygens (including phenoxy) is 1. The van der Waals surface area contributed by atoms with E-state index in [0.717, 1.165) is 55.6 Å². The number of carboxylic acids is 1. The molecule has 10 aromatic rings. The Balaban J connectivity index is 0.000000156. The number of nitrogen functional groups attached to an aromatic ring is 1. The second kappa shape index (κ2) is 28.2. The zero-order chi connectivity index (χ0) is 64.9. The van der Waals surface area contributed by atoms with Crippen molar-refractivity contribution in [1.82, 2.24) is 30.6 Å². The predicted octanol–water partition coefficient (Wildman–Crippen LogP) is 10.3. The van der Waals surface area contributed by atoms with Crippen molar-refractivity contribution in [3.63, 3.8) is 0 Å². The summed E-state index contributed by atoms with van der Waals surface area (Å²) in [5.41, 5.74) is 11.1. The third-order valence-electron chi connectivity index (χ3n) is 14.9. The second-order valence-electron chi connectivity index (χ2n) is 23.8. The first-order valence-electron chi connectivity index (χ1n) is 28.9. The molecule has 0 spiro atoms. The van der Waals surface area contributed by atoms with Gasteiger partial charge in [-0.1, -0.05) is 141 Å². The largest absolute Gasteiger partial charge is 0.481 e. The summed E-state index contributed by atoms with van der Waals surface area (Å²) in [6, 6.07) is 54.6. The van der Waals surface area contributed by atoms with Gasteiger partial charge in [0.2, 0.25) is 17.7 Å². The van der Waals surface area contributed by atoms with Gasteiger partial charge < -0.3 is 20.9 Å². The maximum absolute atomic E-state index is 12.6. The van der Waals surface area contributed by atoms with Gasteiger partial charge in [0.25, 0.3) is 16.7 Å². The number of imide groups is 1. The number of nitrogens with one attached hydrogen (secondary N) is 4. The molecule has 0 bridgehead atoms. The number of fused-ring (bicyclic) bond motifs is 3. The molecule has 0 saturated carbocycles. The SMILES string of the molecule is CC(C)(CC(=O)Nc1cccc(Cc2n[nH]c(=O)c3ccccc23)c1)C(=O)O.CC1(C)CC(=O)N(c2cccc(Cc3n[nH]c(=O)c4ccccc34)c2)C1=O.CC1(C)CC(=O)OC1=O.Cc1ccccc1.Nc1cccc(Cc2n[nH]c(=O)c3ccccc23)c1. The van der Waals surface area contributed by atoms with Crippen LogP contribution in [0.5, 0.6) is 0 Å².